The van der Waals surface area contributed by atoms with Crippen LogP contribution in [0.2, 0.25) is 5.02 Å². The highest BCUT2D eigenvalue weighted by molar-refractivity contribution is 6.30. The molecule has 0 saturated carbocycles. The number of hydrogen-bond acceptors (Lipinski definition) is 6. The van der Waals surface area contributed by atoms with Gasteiger partial charge in [-0.15, -0.1) is 0 Å². The Morgan fingerprint density at radius 2 is 1.87 bits per heavy atom. The van der Waals surface area contributed by atoms with Gasteiger partial charge in [0.2, 0.25) is 5.91 Å². The number of nitrogens with zero attached hydrogens (tertiary/aromatic N) is 3. The van der Waals surface area contributed by atoms with Crippen molar-refractivity contribution < 1.29 is 19.3 Å². The number of amides is 2. The summed E-state index contributed by atoms with van der Waals surface area (Å²) in [4.78, 5) is 44.1. The summed E-state index contributed by atoms with van der Waals surface area (Å²) >= 11 is 5.99. The van der Waals surface area contributed by atoms with Crippen molar-refractivity contribution in [3.05, 3.63) is 69.2 Å². The highest BCUT2D eigenvalue weighted by Crippen LogP contribution is 2.47. The Bertz CT molecular complexity index is 996. The zero-order valence-electron chi connectivity index (χ0n) is 16.2. The lowest BCUT2D eigenvalue weighted by Gasteiger charge is -2.28. The molecule has 9 heteroatoms. The van der Waals surface area contributed by atoms with E-state index in [0.717, 1.165) is 6.42 Å². The minimum atomic E-state index is -0.964. The van der Waals surface area contributed by atoms with Gasteiger partial charge in [0.1, 0.15) is 5.92 Å². The molecule has 2 aliphatic heterocycles. The van der Waals surface area contributed by atoms with Crippen LogP contribution in [0.25, 0.3) is 0 Å². The fourth-order valence-corrected chi connectivity index (χ4v) is 4.11. The van der Waals surface area contributed by atoms with Gasteiger partial charge in [0, 0.05) is 23.7 Å². The fraction of sp³-hybridized carbons (Fsp3) is 0.333. The predicted molar refractivity (Wildman–Crippen MR) is 110 cm³/mol. The number of rotatable bonds is 6. The maximum atomic E-state index is 13.2. The number of fused-ring (bicyclic) bond motifs is 1. The number of unbranched alkanes of at least 4 members (excludes halogenated alkanes) is 1. The zero-order chi connectivity index (χ0) is 21.4. The molecular formula is C21H20ClN3O5. The van der Waals surface area contributed by atoms with Crippen LogP contribution in [-0.4, -0.2) is 34.3 Å². The number of likely N-dealkylation sites (tertiary alicyclic amines) is 1. The third kappa shape index (κ3) is 3.42. The molecule has 0 unspecified atom stereocenters. The van der Waals surface area contributed by atoms with Gasteiger partial charge < -0.3 is 0 Å². The summed E-state index contributed by atoms with van der Waals surface area (Å²) in [6.07, 6.45) is 0.590. The van der Waals surface area contributed by atoms with Gasteiger partial charge in [0.05, 0.1) is 16.7 Å². The third-order valence-corrected chi connectivity index (χ3v) is 5.70. The third-order valence-electron chi connectivity index (χ3n) is 5.45. The molecule has 2 aromatic rings. The van der Waals surface area contributed by atoms with Crippen LogP contribution in [0.15, 0.2) is 48.5 Å². The van der Waals surface area contributed by atoms with Gasteiger partial charge in [-0.1, -0.05) is 37.1 Å². The molecule has 30 heavy (non-hydrogen) atoms. The van der Waals surface area contributed by atoms with Crippen molar-refractivity contribution in [2.75, 3.05) is 11.6 Å². The number of non-ortho nitro benzene ring substituents is 1. The number of imide groups is 1. The van der Waals surface area contributed by atoms with Crippen molar-refractivity contribution in [1.29, 1.82) is 0 Å². The summed E-state index contributed by atoms with van der Waals surface area (Å²) in [6, 6.07) is 12.2. The van der Waals surface area contributed by atoms with Gasteiger partial charge in [0.25, 0.3) is 11.6 Å². The first-order chi connectivity index (χ1) is 14.4. The van der Waals surface area contributed by atoms with E-state index in [9.17, 15) is 19.7 Å². The van der Waals surface area contributed by atoms with Crippen molar-refractivity contribution in [3.8, 4) is 0 Å². The lowest BCUT2D eigenvalue weighted by Crippen LogP contribution is -2.37. The average Bonchev–Trinajstić information content (AvgIpc) is 3.24. The Morgan fingerprint density at radius 1 is 1.13 bits per heavy atom. The quantitative estimate of drug-likeness (QED) is 0.393. The number of halogens is 1. The van der Waals surface area contributed by atoms with Gasteiger partial charge in [-0.05, 0) is 36.2 Å². The molecule has 0 aromatic heterocycles. The van der Waals surface area contributed by atoms with Gasteiger partial charge in [-0.25, -0.2) is 5.06 Å². The lowest BCUT2D eigenvalue weighted by atomic mass is 9.90. The predicted octanol–water partition coefficient (Wildman–Crippen LogP) is 3.89. The van der Waals surface area contributed by atoms with E-state index in [2.05, 4.69) is 0 Å². The van der Waals surface area contributed by atoms with E-state index in [1.807, 2.05) is 6.92 Å². The second-order valence-corrected chi connectivity index (χ2v) is 7.77. The van der Waals surface area contributed by atoms with Gasteiger partial charge in [0.15, 0.2) is 6.10 Å². The van der Waals surface area contributed by atoms with Gasteiger partial charge in [-0.2, -0.15) is 0 Å². The van der Waals surface area contributed by atoms with Crippen LogP contribution in [0, 0.1) is 16.0 Å². The second-order valence-electron chi connectivity index (χ2n) is 7.33. The van der Waals surface area contributed by atoms with Crippen LogP contribution < -0.4 is 5.06 Å². The van der Waals surface area contributed by atoms with E-state index in [4.69, 9.17) is 16.4 Å². The molecule has 2 aliphatic rings. The summed E-state index contributed by atoms with van der Waals surface area (Å²) in [5, 5.41) is 13.3. The van der Waals surface area contributed by atoms with E-state index in [0.29, 0.717) is 29.2 Å². The minimum Gasteiger partial charge on any atom is -0.280 e. The average molecular weight is 430 g/mol. The smallest absolute Gasteiger partial charge is 0.269 e. The Hall–Kier alpha value is -2.97. The number of anilines is 1. The standard InChI is InChI=1S/C21H20ClN3O5/c1-2-3-11-23-20(26)17-18(13-5-4-6-16(12-13)25(28)29)24(30-19(17)21(23)27)15-9-7-14(22)8-10-15/h4-10,12,17-19H,2-3,11H2,1H3/t17-,18+,19-/m1/s1. The van der Waals surface area contributed by atoms with Crippen molar-refractivity contribution in [2.45, 2.75) is 31.9 Å². The van der Waals surface area contributed by atoms with Crippen LogP contribution in [0.4, 0.5) is 11.4 Å². The summed E-state index contributed by atoms with van der Waals surface area (Å²) in [5.41, 5.74) is 1.04. The SMILES string of the molecule is CCCCN1C(=O)[C@H]2[C@@H](ON(c3ccc(Cl)cc3)[C@H]2c2cccc([N+](=O)[O-])c2)C1=O. The normalized spacial score (nSPS) is 23.2. The first-order valence-electron chi connectivity index (χ1n) is 9.73. The molecule has 156 valence electrons. The summed E-state index contributed by atoms with van der Waals surface area (Å²) in [6.45, 7) is 2.32. The molecule has 2 amide bonds. The number of carbonyl (C=O) groups excluding carboxylic acids is 2. The number of nitro benzene ring substituents is 1. The molecule has 2 fully saturated rings. The topological polar surface area (TPSA) is 93.0 Å². The van der Waals surface area contributed by atoms with Crippen LogP contribution in [0.3, 0.4) is 0 Å². The lowest BCUT2D eigenvalue weighted by molar-refractivity contribution is -0.384. The van der Waals surface area contributed by atoms with E-state index >= 15 is 0 Å². The maximum absolute atomic E-state index is 13.2. The minimum absolute atomic E-state index is 0.0911. The number of carbonyl (C=O) groups is 2. The summed E-state index contributed by atoms with van der Waals surface area (Å²) < 4.78 is 0. The van der Waals surface area contributed by atoms with E-state index < -0.39 is 23.0 Å². The van der Waals surface area contributed by atoms with Crippen LogP contribution in [0.5, 0.6) is 0 Å². The number of hydrogen-bond donors (Lipinski definition) is 0. The molecule has 0 aliphatic carbocycles. The van der Waals surface area contributed by atoms with Crippen molar-refractivity contribution in [1.82, 2.24) is 4.90 Å². The number of hydroxylamine groups is 1. The summed E-state index contributed by atoms with van der Waals surface area (Å²) in [7, 11) is 0. The molecule has 8 nitrogen and oxygen atoms in total. The second kappa shape index (κ2) is 8.04. The monoisotopic (exact) mass is 429 g/mol. The largest absolute Gasteiger partial charge is 0.280 e. The zero-order valence-corrected chi connectivity index (χ0v) is 17.0. The fourth-order valence-electron chi connectivity index (χ4n) is 3.98. The molecule has 2 heterocycles. The number of nitro groups is 1. The Balaban J connectivity index is 1.77. The van der Waals surface area contributed by atoms with Crippen LogP contribution in [0.1, 0.15) is 31.4 Å². The molecule has 4 rings (SSSR count). The van der Waals surface area contributed by atoms with Crippen molar-refractivity contribution in [2.24, 2.45) is 5.92 Å². The van der Waals surface area contributed by atoms with Crippen molar-refractivity contribution >= 4 is 34.8 Å². The molecular weight excluding hydrogens is 410 g/mol. The van der Waals surface area contributed by atoms with Gasteiger partial charge >= 0.3 is 0 Å². The van der Waals surface area contributed by atoms with E-state index in [1.165, 1.54) is 22.1 Å². The molecule has 0 N–H and O–H groups in total. The Kier molecular flexibility index (Phi) is 5.44. The molecule has 2 saturated heterocycles. The Morgan fingerprint density at radius 3 is 2.53 bits per heavy atom. The van der Waals surface area contributed by atoms with Gasteiger partial charge in [-0.3, -0.25) is 29.4 Å². The molecule has 0 spiro atoms. The van der Waals surface area contributed by atoms with Crippen LogP contribution >= 0.6 is 11.6 Å². The first kappa shape index (κ1) is 20.3. The summed E-state index contributed by atoms with van der Waals surface area (Å²) in [5.74, 6) is -1.47. The van der Waals surface area contributed by atoms with E-state index in [1.54, 1.807) is 36.4 Å². The maximum Gasteiger partial charge on any atom is 0.269 e. The molecule has 0 radical (unpaired) electrons. The van der Waals surface area contributed by atoms with Crippen LogP contribution in [-0.2, 0) is 14.4 Å². The number of benzene rings is 2. The molecule has 2 aromatic carbocycles. The highest BCUT2D eigenvalue weighted by atomic mass is 35.5. The first-order valence-corrected chi connectivity index (χ1v) is 10.1. The highest BCUT2D eigenvalue weighted by Gasteiger charge is 2.59. The Labute approximate surface area is 178 Å². The molecule has 0 bridgehead atoms. The van der Waals surface area contributed by atoms with E-state index in [-0.39, 0.29) is 17.5 Å². The molecule has 3 atom stereocenters. The van der Waals surface area contributed by atoms with Crippen molar-refractivity contribution in [3.63, 3.8) is 0 Å².